The van der Waals surface area contributed by atoms with E-state index in [0.717, 1.165) is 0 Å². The molecular formula is C20H35NO6. The van der Waals surface area contributed by atoms with Gasteiger partial charge in [-0.05, 0) is 26.2 Å². The van der Waals surface area contributed by atoms with Gasteiger partial charge in [0.25, 0.3) is 0 Å². The first-order valence-corrected chi connectivity index (χ1v) is 9.13. The minimum absolute atomic E-state index is 0.227. The van der Waals surface area contributed by atoms with Gasteiger partial charge >= 0.3 is 12.1 Å². The Kier molecular flexibility index (Phi) is 8.22. The van der Waals surface area contributed by atoms with Crippen molar-refractivity contribution in [3.8, 4) is 0 Å². The molecule has 0 heterocycles. The van der Waals surface area contributed by atoms with Gasteiger partial charge in [0.05, 0.1) is 12.0 Å². The fourth-order valence-electron chi connectivity index (χ4n) is 2.34. The van der Waals surface area contributed by atoms with Gasteiger partial charge in [0.15, 0.2) is 5.78 Å². The Hall–Kier alpha value is -1.92. The molecule has 27 heavy (non-hydrogen) atoms. The average molecular weight is 386 g/mol. The van der Waals surface area contributed by atoms with Crippen LogP contribution in [0.4, 0.5) is 4.79 Å². The van der Waals surface area contributed by atoms with Gasteiger partial charge in [-0.2, -0.15) is 0 Å². The molecule has 2 atom stereocenters. The van der Waals surface area contributed by atoms with Crippen LogP contribution in [0.3, 0.4) is 0 Å². The molecule has 0 radical (unpaired) electrons. The molecule has 7 heteroatoms. The standard InChI is InChI=1S/C20H35NO6/c1-18(2,3)14(23)11-12(16(24)25)10-13(22)15(19(4,5)6)21-17(26)27-20(7,8)9/h12,15H,10-11H2,1-9H3,(H,21,26)(H,24,25)/t12-,15-/m1/s1. The van der Waals surface area contributed by atoms with Crippen molar-refractivity contribution in [2.75, 3.05) is 0 Å². The number of Topliss-reactive ketones (excluding diaryl/α,β-unsaturated/α-hetero) is 2. The minimum Gasteiger partial charge on any atom is -0.481 e. The Balaban J connectivity index is 5.34. The highest BCUT2D eigenvalue weighted by Gasteiger charge is 2.37. The van der Waals surface area contributed by atoms with Crippen LogP contribution in [0.1, 0.15) is 75.2 Å². The maximum Gasteiger partial charge on any atom is 0.408 e. The number of ether oxygens (including phenoxy) is 1. The lowest BCUT2D eigenvalue weighted by Gasteiger charge is -2.32. The van der Waals surface area contributed by atoms with E-state index in [1.165, 1.54) is 0 Å². The van der Waals surface area contributed by atoms with Crippen molar-refractivity contribution in [3.63, 3.8) is 0 Å². The van der Waals surface area contributed by atoms with Crippen LogP contribution in [-0.4, -0.2) is 40.4 Å². The number of aliphatic carboxylic acids is 1. The first-order valence-electron chi connectivity index (χ1n) is 9.13. The molecule has 0 aliphatic carbocycles. The van der Waals surface area contributed by atoms with Crippen molar-refractivity contribution >= 4 is 23.6 Å². The second kappa shape index (κ2) is 8.85. The third-order valence-corrected chi connectivity index (χ3v) is 3.91. The van der Waals surface area contributed by atoms with Crippen molar-refractivity contribution in [1.82, 2.24) is 5.32 Å². The summed E-state index contributed by atoms with van der Waals surface area (Å²) in [5.41, 5.74) is -2.06. The van der Waals surface area contributed by atoms with E-state index in [-0.39, 0.29) is 18.6 Å². The zero-order valence-electron chi connectivity index (χ0n) is 18.1. The van der Waals surface area contributed by atoms with E-state index in [0.29, 0.717) is 0 Å². The molecule has 156 valence electrons. The number of nitrogens with one attached hydrogen (secondary N) is 1. The van der Waals surface area contributed by atoms with E-state index < -0.39 is 46.2 Å². The molecule has 0 unspecified atom stereocenters. The summed E-state index contributed by atoms with van der Waals surface area (Å²) in [5, 5.41) is 12.0. The minimum atomic E-state index is -1.20. The van der Waals surface area contributed by atoms with Crippen molar-refractivity contribution in [3.05, 3.63) is 0 Å². The Morgan fingerprint density at radius 2 is 1.37 bits per heavy atom. The van der Waals surface area contributed by atoms with Crippen LogP contribution in [0.25, 0.3) is 0 Å². The van der Waals surface area contributed by atoms with E-state index in [1.807, 2.05) is 0 Å². The molecule has 0 aromatic carbocycles. The van der Waals surface area contributed by atoms with Crippen molar-refractivity contribution in [2.45, 2.75) is 86.8 Å². The van der Waals surface area contributed by atoms with E-state index >= 15 is 0 Å². The van der Waals surface area contributed by atoms with E-state index in [2.05, 4.69) is 5.32 Å². The number of carbonyl (C=O) groups excluding carboxylic acids is 3. The van der Waals surface area contributed by atoms with Crippen molar-refractivity contribution in [2.24, 2.45) is 16.7 Å². The van der Waals surface area contributed by atoms with E-state index in [9.17, 15) is 24.3 Å². The Labute approximate surface area is 162 Å². The number of carboxylic acids is 1. The zero-order chi connectivity index (χ0) is 21.8. The summed E-state index contributed by atoms with van der Waals surface area (Å²) in [6, 6.07) is -0.932. The molecule has 0 aromatic heterocycles. The van der Waals surface area contributed by atoms with Gasteiger partial charge in [0, 0.05) is 18.3 Å². The predicted molar refractivity (Wildman–Crippen MR) is 102 cm³/mol. The Morgan fingerprint density at radius 3 is 1.70 bits per heavy atom. The summed E-state index contributed by atoms with van der Waals surface area (Å²) >= 11 is 0. The summed E-state index contributed by atoms with van der Waals surface area (Å²) in [6.45, 7) is 15.5. The van der Waals surface area contributed by atoms with Crippen LogP contribution in [0, 0.1) is 16.7 Å². The molecule has 0 saturated carbocycles. The molecule has 0 rings (SSSR count). The van der Waals surface area contributed by atoms with E-state index in [1.54, 1.807) is 62.3 Å². The number of hydrogen-bond donors (Lipinski definition) is 2. The summed E-state index contributed by atoms with van der Waals surface area (Å²) in [7, 11) is 0. The molecule has 0 aromatic rings. The number of hydrogen-bond acceptors (Lipinski definition) is 5. The maximum absolute atomic E-state index is 12.8. The van der Waals surface area contributed by atoms with Gasteiger partial charge in [-0.15, -0.1) is 0 Å². The lowest BCUT2D eigenvalue weighted by Crippen LogP contribution is -2.51. The first-order chi connectivity index (χ1) is 11.8. The molecular weight excluding hydrogens is 350 g/mol. The largest absolute Gasteiger partial charge is 0.481 e. The van der Waals surface area contributed by atoms with Crippen LogP contribution >= 0.6 is 0 Å². The van der Waals surface area contributed by atoms with Gasteiger partial charge in [-0.1, -0.05) is 41.5 Å². The summed E-state index contributed by atoms with van der Waals surface area (Å²) < 4.78 is 5.20. The Bertz CT molecular complexity index is 575. The van der Waals surface area contributed by atoms with Crippen LogP contribution < -0.4 is 5.32 Å². The lowest BCUT2D eigenvalue weighted by molar-refractivity contribution is -0.147. The third kappa shape index (κ3) is 9.54. The van der Waals surface area contributed by atoms with Gasteiger partial charge in [-0.25, -0.2) is 4.79 Å². The topological polar surface area (TPSA) is 110 Å². The smallest absolute Gasteiger partial charge is 0.408 e. The van der Waals surface area contributed by atoms with Gasteiger partial charge in [0.2, 0.25) is 0 Å². The number of alkyl carbamates (subject to hydrolysis) is 1. The molecule has 2 N–H and O–H groups in total. The van der Waals surface area contributed by atoms with Crippen LogP contribution in [0.15, 0.2) is 0 Å². The molecule has 0 aliphatic rings. The van der Waals surface area contributed by atoms with Gasteiger partial charge < -0.3 is 15.2 Å². The molecule has 1 amide bonds. The van der Waals surface area contributed by atoms with Crippen molar-refractivity contribution in [1.29, 1.82) is 0 Å². The highest BCUT2D eigenvalue weighted by atomic mass is 16.6. The second-order valence-corrected chi connectivity index (χ2v) is 10.0. The number of carboxylic acid groups (broad SMARTS) is 1. The molecule has 0 aliphatic heterocycles. The molecule has 0 bridgehead atoms. The van der Waals surface area contributed by atoms with E-state index in [4.69, 9.17) is 4.74 Å². The fourth-order valence-corrected chi connectivity index (χ4v) is 2.34. The highest BCUT2D eigenvalue weighted by molar-refractivity contribution is 5.93. The summed E-state index contributed by atoms with van der Waals surface area (Å²) in [5.74, 6) is -3.00. The molecule has 0 saturated heterocycles. The lowest BCUT2D eigenvalue weighted by atomic mass is 9.79. The maximum atomic E-state index is 12.8. The summed E-state index contributed by atoms with van der Waals surface area (Å²) in [4.78, 5) is 48.6. The monoisotopic (exact) mass is 385 g/mol. The normalized spacial score (nSPS) is 14.9. The van der Waals surface area contributed by atoms with Crippen LogP contribution in [0.2, 0.25) is 0 Å². The second-order valence-electron chi connectivity index (χ2n) is 10.0. The first kappa shape index (κ1) is 25.1. The number of carbonyl (C=O) groups is 4. The fraction of sp³-hybridized carbons (Fsp3) is 0.800. The quantitative estimate of drug-likeness (QED) is 0.693. The zero-order valence-corrected chi connectivity index (χ0v) is 18.1. The Morgan fingerprint density at radius 1 is 0.889 bits per heavy atom. The van der Waals surface area contributed by atoms with Crippen molar-refractivity contribution < 1.29 is 29.0 Å². The molecule has 0 fully saturated rings. The predicted octanol–water partition coefficient (Wildman–Crippen LogP) is 3.59. The molecule has 0 spiro atoms. The number of ketones is 2. The highest BCUT2D eigenvalue weighted by Crippen LogP contribution is 2.26. The van der Waals surface area contributed by atoms with Gasteiger partial charge in [0.1, 0.15) is 11.4 Å². The summed E-state index contributed by atoms with van der Waals surface area (Å²) in [6.07, 6.45) is -1.31. The number of amides is 1. The molecule has 7 nitrogen and oxygen atoms in total. The number of rotatable bonds is 7. The van der Waals surface area contributed by atoms with Crippen LogP contribution in [-0.2, 0) is 19.1 Å². The average Bonchev–Trinajstić information content (AvgIpc) is 2.39. The van der Waals surface area contributed by atoms with Crippen LogP contribution in [0.5, 0.6) is 0 Å². The third-order valence-electron chi connectivity index (χ3n) is 3.91. The van der Waals surface area contributed by atoms with Gasteiger partial charge in [-0.3, -0.25) is 14.4 Å². The SMILES string of the molecule is CC(C)(C)OC(=O)N[C@H](C(=O)C[C@H](CC(=O)C(C)(C)C)C(=O)O)C(C)(C)C.